The van der Waals surface area contributed by atoms with E-state index >= 15 is 0 Å². The molecule has 0 radical (unpaired) electrons. The molecule has 0 spiro atoms. The summed E-state index contributed by atoms with van der Waals surface area (Å²) in [5, 5.41) is 8.63. The molecule has 1 unspecified atom stereocenters. The lowest BCUT2D eigenvalue weighted by Crippen LogP contribution is -2.23. The molecule has 0 bridgehead atoms. The van der Waals surface area contributed by atoms with Crippen molar-refractivity contribution in [2.24, 2.45) is 0 Å². The van der Waals surface area contributed by atoms with Crippen LogP contribution in [0, 0.1) is 0 Å². The van der Waals surface area contributed by atoms with Crippen molar-refractivity contribution in [1.82, 2.24) is 0 Å². The topological polar surface area (TPSA) is 63.6 Å². The molecule has 0 aliphatic carbocycles. The molecule has 0 aromatic carbocycles. The lowest BCUT2D eigenvalue weighted by molar-refractivity contribution is -0.162. The highest BCUT2D eigenvalue weighted by atomic mass is 16.6. The van der Waals surface area contributed by atoms with Crippen LogP contribution in [0.2, 0.25) is 0 Å². The van der Waals surface area contributed by atoms with E-state index in [9.17, 15) is 9.59 Å². The predicted molar refractivity (Wildman–Crippen MR) is 88.9 cm³/mol. The molecule has 0 aromatic heterocycles. The van der Waals surface area contributed by atoms with Crippen molar-refractivity contribution in [3.63, 3.8) is 0 Å². The molecule has 130 valence electrons. The first-order valence-corrected chi connectivity index (χ1v) is 9.00. The summed E-state index contributed by atoms with van der Waals surface area (Å²) in [4.78, 5) is 21.9. The summed E-state index contributed by atoms with van der Waals surface area (Å²) in [7, 11) is 0. The Morgan fingerprint density at radius 1 is 0.818 bits per heavy atom. The van der Waals surface area contributed by atoms with Crippen LogP contribution in [0.15, 0.2) is 0 Å². The molecule has 0 saturated carbocycles. The summed E-state index contributed by atoms with van der Waals surface area (Å²) in [6.07, 6.45) is 14.3. The summed E-state index contributed by atoms with van der Waals surface area (Å²) in [6.45, 7) is 3.62. The number of carboxylic acids is 1. The lowest BCUT2D eigenvalue weighted by Gasteiger charge is -2.08. The van der Waals surface area contributed by atoms with Crippen LogP contribution in [-0.2, 0) is 14.3 Å². The van der Waals surface area contributed by atoms with E-state index in [-0.39, 0.29) is 0 Å². The van der Waals surface area contributed by atoms with E-state index in [1.165, 1.54) is 64.7 Å². The van der Waals surface area contributed by atoms with Crippen LogP contribution in [0.5, 0.6) is 0 Å². The van der Waals surface area contributed by atoms with Crippen molar-refractivity contribution in [3.8, 4) is 0 Å². The number of hydrogen-bond donors (Lipinski definition) is 1. The second-order valence-electron chi connectivity index (χ2n) is 6.11. The van der Waals surface area contributed by atoms with E-state index in [4.69, 9.17) is 9.84 Å². The zero-order valence-electron chi connectivity index (χ0n) is 14.4. The van der Waals surface area contributed by atoms with E-state index in [0.29, 0.717) is 6.42 Å². The number of ether oxygens (including phenoxy) is 1. The van der Waals surface area contributed by atoms with Gasteiger partial charge in [0.15, 0.2) is 6.10 Å². The highest BCUT2D eigenvalue weighted by Crippen LogP contribution is 2.12. The first-order chi connectivity index (χ1) is 10.6. The van der Waals surface area contributed by atoms with Gasteiger partial charge in [0.1, 0.15) is 0 Å². The van der Waals surface area contributed by atoms with Crippen molar-refractivity contribution < 1.29 is 19.4 Å². The second-order valence-corrected chi connectivity index (χ2v) is 6.11. The van der Waals surface area contributed by atoms with Crippen LogP contribution < -0.4 is 0 Å². The van der Waals surface area contributed by atoms with Gasteiger partial charge in [-0.05, 0) is 13.3 Å². The average Bonchev–Trinajstić information content (AvgIpc) is 2.48. The summed E-state index contributed by atoms with van der Waals surface area (Å²) in [5.41, 5.74) is 0. The van der Waals surface area contributed by atoms with E-state index in [1.807, 2.05) is 0 Å². The molecular formula is C18H34O4. The molecule has 0 aromatic rings. The zero-order valence-corrected chi connectivity index (χ0v) is 14.4. The van der Waals surface area contributed by atoms with Crippen molar-refractivity contribution >= 4 is 11.9 Å². The fourth-order valence-electron chi connectivity index (χ4n) is 2.42. The van der Waals surface area contributed by atoms with Gasteiger partial charge >= 0.3 is 11.9 Å². The van der Waals surface area contributed by atoms with Gasteiger partial charge < -0.3 is 9.84 Å². The fraction of sp³-hybridized carbons (Fsp3) is 0.889. The van der Waals surface area contributed by atoms with Crippen LogP contribution >= 0.6 is 0 Å². The van der Waals surface area contributed by atoms with Crippen molar-refractivity contribution in [2.75, 3.05) is 0 Å². The number of unbranched alkanes of at least 4 members (excludes halogenated alkanes) is 11. The Balaban J connectivity index is 3.23. The number of carbonyl (C=O) groups excluding carboxylic acids is 1. The molecule has 0 aliphatic rings. The Bertz CT molecular complexity index is 289. The van der Waals surface area contributed by atoms with Gasteiger partial charge in [-0.1, -0.05) is 77.6 Å². The van der Waals surface area contributed by atoms with Crippen LogP contribution in [0.3, 0.4) is 0 Å². The summed E-state index contributed by atoms with van der Waals surface area (Å²) >= 11 is 0. The maximum absolute atomic E-state index is 11.4. The third-order valence-electron chi connectivity index (χ3n) is 3.89. The third kappa shape index (κ3) is 13.9. The molecule has 4 heteroatoms. The van der Waals surface area contributed by atoms with Crippen molar-refractivity contribution in [1.29, 1.82) is 0 Å². The standard InChI is InChI=1S/C18H34O4/c1-3-4-5-6-7-8-9-10-11-12-13-14-15-17(19)22-16(2)18(20)21/h16H,3-15H2,1-2H3,(H,20,21). The van der Waals surface area contributed by atoms with E-state index in [2.05, 4.69) is 6.92 Å². The van der Waals surface area contributed by atoms with Gasteiger partial charge in [0.05, 0.1) is 0 Å². The largest absolute Gasteiger partial charge is 0.479 e. The van der Waals surface area contributed by atoms with Crippen LogP contribution in [0.1, 0.15) is 97.3 Å². The molecule has 22 heavy (non-hydrogen) atoms. The Morgan fingerprint density at radius 2 is 1.23 bits per heavy atom. The Hall–Kier alpha value is -1.06. The van der Waals surface area contributed by atoms with E-state index < -0.39 is 18.0 Å². The SMILES string of the molecule is CCCCCCCCCCCCCCC(=O)OC(C)C(=O)O. The van der Waals surface area contributed by atoms with Crippen molar-refractivity contribution in [3.05, 3.63) is 0 Å². The van der Waals surface area contributed by atoms with Crippen LogP contribution in [-0.4, -0.2) is 23.1 Å². The molecule has 0 amide bonds. The predicted octanol–water partition coefficient (Wildman–Crippen LogP) is 5.09. The van der Waals surface area contributed by atoms with Gasteiger partial charge in [0.2, 0.25) is 0 Å². The minimum absolute atomic E-state index is 0.328. The third-order valence-corrected chi connectivity index (χ3v) is 3.89. The maximum Gasteiger partial charge on any atom is 0.344 e. The molecule has 0 heterocycles. The molecule has 0 aliphatic heterocycles. The van der Waals surface area contributed by atoms with E-state index in [1.54, 1.807) is 0 Å². The molecule has 4 nitrogen and oxygen atoms in total. The van der Waals surface area contributed by atoms with Crippen LogP contribution in [0.4, 0.5) is 0 Å². The first-order valence-electron chi connectivity index (χ1n) is 9.00. The smallest absolute Gasteiger partial charge is 0.344 e. The number of carbonyl (C=O) groups is 2. The number of hydrogen-bond acceptors (Lipinski definition) is 3. The number of rotatable bonds is 15. The summed E-state index contributed by atoms with van der Waals surface area (Å²) in [5.74, 6) is -1.50. The van der Waals surface area contributed by atoms with Gasteiger partial charge in [0.25, 0.3) is 0 Å². The van der Waals surface area contributed by atoms with Gasteiger partial charge in [-0.3, -0.25) is 4.79 Å². The average molecular weight is 314 g/mol. The minimum atomic E-state index is -1.09. The zero-order chi connectivity index (χ0) is 16.6. The van der Waals surface area contributed by atoms with Crippen molar-refractivity contribution in [2.45, 2.75) is 103 Å². The number of esters is 1. The Morgan fingerprint density at radius 3 is 1.64 bits per heavy atom. The maximum atomic E-state index is 11.4. The number of aliphatic carboxylic acids is 1. The van der Waals surface area contributed by atoms with Gasteiger partial charge in [-0.15, -0.1) is 0 Å². The highest BCUT2D eigenvalue weighted by molar-refractivity contribution is 5.77. The monoisotopic (exact) mass is 314 g/mol. The molecular weight excluding hydrogens is 280 g/mol. The van der Waals surface area contributed by atoms with E-state index in [0.717, 1.165) is 19.3 Å². The first kappa shape index (κ1) is 20.9. The molecule has 0 saturated heterocycles. The summed E-state index contributed by atoms with van der Waals surface area (Å²) < 4.78 is 4.77. The van der Waals surface area contributed by atoms with Gasteiger partial charge in [0, 0.05) is 6.42 Å². The molecule has 0 rings (SSSR count). The summed E-state index contributed by atoms with van der Waals surface area (Å²) in [6, 6.07) is 0. The van der Waals surface area contributed by atoms with Gasteiger partial charge in [-0.25, -0.2) is 4.79 Å². The normalized spacial score (nSPS) is 12.1. The molecule has 1 atom stereocenters. The Labute approximate surface area is 135 Å². The lowest BCUT2D eigenvalue weighted by atomic mass is 10.0. The highest BCUT2D eigenvalue weighted by Gasteiger charge is 2.15. The molecule has 1 N–H and O–H groups in total. The second kappa shape index (κ2) is 14.9. The number of carboxylic acid groups (broad SMARTS) is 1. The van der Waals surface area contributed by atoms with Gasteiger partial charge in [-0.2, -0.15) is 0 Å². The Kier molecular flexibility index (Phi) is 14.1. The fourth-order valence-corrected chi connectivity index (χ4v) is 2.42. The minimum Gasteiger partial charge on any atom is -0.479 e. The molecule has 0 fully saturated rings. The van der Waals surface area contributed by atoms with Crippen LogP contribution in [0.25, 0.3) is 0 Å². The quantitative estimate of drug-likeness (QED) is 0.337.